The molecule has 71 heavy (non-hydrogen) atoms. The van der Waals surface area contributed by atoms with Crippen LogP contribution in [0, 0.1) is 11.8 Å². The summed E-state index contributed by atoms with van der Waals surface area (Å²) in [5.74, 6) is 0.796. The highest BCUT2D eigenvalue weighted by molar-refractivity contribution is 5.99. The summed E-state index contributed by atoms with van der Waals surface area (Å²) in [4.78, 5) is 5.12. The molecule has 0 aromatic heterocycles. The van der Waals surface area contributed by atoms with E-state index in [1.54, 1.807) is 0 Å². The van der Waals surface area contributed by atoms with Gasteiger partial charge in [0.05, 0.1) is 11.7 Å². The van der Waals surface area contributed by atoms with Crippen molar-refractivity contribution in [3.63, 3.8) is 0 Å². The second-order valence-electron chi connectivity index (χ2n) is 20.2. The highest BCUT2D eigenvalue weighted by atomic mass is 15.2. The van der Waals surface area contributed by atoms with Gasteiger partial charge in [0, 0.05) is 39.5 Å². The van der Waals surface area contributed by atoms with Gasteiger partial charge < -0.3 is 9.80 Å². The summed E-state index contributed by atoms with van der Waals surface area (Å²) >= 11 is 0. The number of benzene rings is 6. The Bertz CT molecular complexity index is 3180. The normalized spacial score (nSPS) is 20.5. The van der Waals surface area contributed by atoms with Gasteiger partial charge >= 0.3 is 0 Å². The first-order valence-corrected chi connectivity index (χ1v) is 26.3. The quantitative estimate of drug-likeness (QED) is 0.0793. The van der Waals surface area contributed by atoms with Gasteiger partial charge in [0.2, 0.25) is 0 Å². The Morgan fingerprint density at radius 3 is 2.10 bits per heavy atom. The largest absolute Gasteiger partial charge is 0.334 e. The fraction of sp³-hybridized carbons (Fsp3) is 0.217. The molecule has 4 atom stereocenters. The van der Waals surface area contributed by atoms with Crippen LogP contribution in [0.2, 0.25) is 0 Å². The summed E-state index contributed by atoms with van der Waals surface area (Å²) in [5.41, 5.74) is 17.1. The van der Waals surface area contributed by atoms with E-state index in [0.29, 0.717) is 5.92 Å². The average Bonchev–Trinajstić information content (AvgIpc) is 3.70. The molecule has 2 nitrogen and oxygen atoms in total. The lowest BCUT2D eigenvalue weighted by atomic mass is 9.70. The molecule has 0 amide bonds. The van der Waals surface area contributed by atoms with Crippen molar-refractivity contribution in [2.75, 3.05) is 9.80 Å². The van der Waals surface area contributed by atoms with E-state index in [2.05, 4.69) is 241 Å². The zero-order chi connectivity index (χ0) is 48.0. The second kappa shape index (κ2) is 20.9. The highest BCUT2D eigenvalue weighted by Gasteiger charge is 2.44. The first-order valence-electron chi connectivity index (χ1n) is 26.3. The molecule has 352 valence electrons. The molecule has 11 rings (SSSR count). The third kappa shape index (κ3) is 9.37. The predicted molar refractivity (Wildman–Crippen MR) is 304 cm³/mol. The maximum Gasteiger partial charge on any atom is 0.0628 e. The number of anilines is 5. The van der Waals surface area contributed by atoms with Gasteiger partial charge in [0.15, 0.2) is 0 Å². The molecule has 4 unspecified atom stereocenters. The fourth-order valence-corrected chi connectivity index (χ4v) is 12.5. The summed E-state index contributed by atoms with van der Waals surface area (Å²) in [6, 6.07) is 52.8. The standard InChI is InChI=1S/C69H66N2/c1-3-51-25-19-27-53(47-51)23-15-17-45-69(46-18-16-24-54-28-20-26-52(4-2)48-54)65-49-59(70(57-33-7-5-8-34-57)67-39-21-31-55-29-11-13-37-61(55)67)41-43-63(65)64-44-42-60(50-66(64)69)71(58-35-9-6-10-36-58)68-40-22-32-56-30-12-14-38-62(56)68/h3-14,19,21-22,25,27-44,48-50,53,61,67H,1-2,15-18,20,23-24,26,45-47H2. The SMILES string of the molecule is C=CC1=CC(CCCCC2(CCCCC3C=CC=C(C=C)C3)c3cc(N(c4ccccc4)c4cccc5ccccc45)ccc3-c3ccc(N(c4ccccc4)C4C=CC=C5C=CC=CC54)cc32)=CCC1. The van der Waals surface area contributed by atoms with Crippen molar-refractivity contribution in [3.8, 4) is 11.1 Å². The second-order valence-corrected chi connectivity index (χ2v) is 20.2. The molecule has 2 heteroatoms. The number of hydrogen-bond donors (Lipinski definition) is 0. The van der Waals surface area contributed by atoms with Crippen LogP contribution in [0.15, 0.2) is 260 Å². The molecule has 0 radical (unpaired) electrons. The van der Waals surface area contributed by atoms with Gasteiger partial charge in [0.25, 0.3) is 0 Å². The molecule has 6 aromatic carbocycles. The van der Waals surface area contributed by atoms with Crippen molar-refractivity contribution < 1.29 is 0 Å². The van der Waals surface area contributed by atoms with Gasteiger partial charge in [-0.25, -0.2) is 0 Å². The highest BCUT2D eigenvalue weighted by Crippen LogP contribution is 2.57. The maximum atomic E-state index is 4.13. The Labute approximate surface area is 423 Å². The lowest BCUT2D eigenvalue weighted by Crippen LogP contribution is -2.37. The predicted octanol–water partition coefficient (Wildman–Crippen LogP) is 19.0. The molecular weight excluding hydrogens is 857 g/mol. The fourth-order valence-electron chi connectivity index (χ4n) is 12.5. The number of hydrogen-bond acceptors (Lipinski definition) is 2. The molecule has 0 aliphatic heterocycles. The first kappa shape index (κ1) is 46.0. The van der Waals surface area contributed by atoms with E-state index in [1.807, 2.05) is 6.08 Å². The van der Waals surface area contributed by atoms with E-state index in [0.717, 1.165) is 63.5 Å². The Balaban J connectivity index is 1.05. The van der Waals surface area contributed by atoms with E-state index in [9.17, 15) is 0 Å². The van der Waals surface area contributed by atoms with Crippen LogP contribution < -0.4 is 9.80 Å². The van der Waals surface area contributed by atoms with Crippen LogP contribution in [0.1, 0.15) is 81.8 Å². The summed E-state index contributed by atoms with van der Waals surface area (Å²) in [6.07, 6.45) is 44.3. The van der Waals surface area contributed by atoms with Gasteiger partial charge in [0.1, 0.15) is 0 Å². The summed E-state index contributed by atoms with van der Waals surface area (Å²) in [5, 5.41) is 2.49. The van der Waals surface area contributed by atoms with Crippen LogP contribution in [0.5, 0.6) is 0 Å². The molecule has 5 aliphatic carbocycles. The Hall–Kier alpha value is -7.42. The topological polar surface area (TPSA) is 6.48 Å². The van der Waals surface area contributed by atoms with Gasteiger partial charge in [-0.15, -0.1) is 0 Å². The van der Waals surface area contributed by atoms with Crippen molar-refractivity contribution >= 4 is 39.2 Å². The lowest BCUT2D eigenvalue weighted by Gasteiger charge is -2.39. The first-order chi connectivity index (χ1) is 35.1. The Kier molecular flexibility index (Phi) is 13.5. The van der Waals surface area contributed by atoms with Crippen molar-refractivity contribution in [3.05, 3.63) is 271 Å². The van der Waals surface area contributed by atoms with Gasteiger partial charge in [-0.1, -0.05) is 208 Å². The minimum atomic E-state index is -0.210. The molecule has 0 heterocycles. The van der Waals surface area contributed by atoms with Gasteiger partial charge in [-0.2, -0.15) is 0 Å². The summed E-state index contributed by atoms with van der Waals surface area (Å²) in [6.45, 7) is 8.25. The van der Waals surface area contributed by atoms with E-state index in [1.165, 1.54) is 90.9 Å². The molecule has 5 aliphatic rings. The van der Waals surface area contributed by atoms with E-state index in [4.69, 9.17) is 0 Å². The molecule has 0 spiro atoms. The zero-order valence-electron chi connectivity index (χ0n) is 41.2. The van der Waals surface area contributed by atoms with Crippen LogP contribution in [0.3, 0.4) is 0 Å². The molecule has 0 fully saturated rings. The number of rotatable bonds is 18. The minimum Gasteiger partial charge on any atom is -0.334 e. The molecule has 0 saturated heterocycles. The molecular formula is C69H66N2. The van der Waals surface area contributed by atoms with E-state index < -0.39 is 0 Å². The van der Waals surface area contributed by atoms with E-state index in [-0.39, 0.29) is 17.4 Å². The Morgan fingerprint density at radius 2 is 1.30 bits per heavy atom. The number of para-hydroxylation sites is 2. The van der Waals surface area contributed by atoms with Gasteiger partial charge in [-0.3, -0.25) is 0 Å². The van der Waals surface area contributed by atoms with Crippen molar-refractivity contribution in [1.82, 2.24) is 0 Å². The number of nitrogens with zero attached hydrogens (tertiary/aromatic N) is 2. The van der Waals surface area contributed by atoms with Crippen molar-refractivity contribution in [2.24, 2.45) is 11.8 Å². The van der Waals surface area contributed by atoms with Crippen LogP contribution in [0.25, 0.3) is 21.9 Å². The third-order valence-electron chi connectivity index (χ3n) is 16.0. The zero-order valence-corrected chi connectivity index (χ0v) is 41.2. The number of allylic oxidation sites excluding steroid dienone is 15. The van der Waals surface area contributed by atoms with Crippen LogP contribution in [0.4, 0.5) is 28.4 Å². The average molecular weight is 923 g/mol. The summed E-state index contributed by atoms with van der Waals surface area (Å²) < 4.78 is 0. The van der Waals surface area contributed by atoms with E-state index >= 15 is 0 Å². The maximum absolute atomic E-state index is 4.13. The van der Waals surface area contributed by atoms with Crippen LogP contribution in [-0.2, 0) is 5.41 Å². The molecule has 0 saturated carbocycles. The summed E-state index contributed by atoms with van der Waals surface area (Å²) in [7, 11) is 0. The minimum absolute atomic E-state index is 0.122. The van der Waals surface area contributed by atoms with Crippen molar-refractivity contribution in [2.45, 2.75) is 82.1 Å². The van der Waals surface area contributed by atoms with Crippen LogP contribution in [-0.4, -0.2) is 6.04 Å². The Morgan fingerprint density at radius 1 is 0.592 bits per heavy atom. The van der Waals surface area contributed by atoms with Crippen molar-refractivity contribution in [1.29, 1.82) is 0 Å². The molecule has 0 bridgehead atoms. The monoisotopic (exact) mass is 923 g/mol. The molecule has 0 N–H and O–H groups in total. The number of unbranched alkanes of at least 4 members (excludes halogenated alkanes) is 2. The lowest BCUT2D eigenvalue weighted by molar-refractivity contribution is 0.396. The van der Waals surface area contributed by atoms with Crippen LogP contribution >= 0.6 is 0 Å². The molecule has 6 aromatic rings. The third-order valence-corrected chi connectivity index (χ3v) is 16.0. The smallest absolute Gasteiger partial charge is 0.0628 e. The van der Waals surface area contributed by atoms with Gasteiger partial charge in [-0.05, 0) is 156 Å². The number of fused-ring (bicyclic) bond motifs is 5.